The number of aromatic nitrogens is 4. The third kappa shape index (κ3) is 3.89. The van der Waals surface area contributed by atoms with Crippen molar-refractivity contribution in [3.63, 3.8) is 0 Å². The Kier molecular flexibility index (Phi) is 5.12. The van der Waals surface area contributed by atoms with E-state index in [1.807, 2.05) is 25.1 Å². The van der Waals surface area contributed by atoms with Gasteiger partial charge in [0.25, 0.3) is 5.56 Å². The lowest BCUT2D eigenvalue weighted by atomic mass is 10.1. The summed E-state index contributed by atoms with van der Waals surface area (Å²) in [6, 6.07) is 8.42. The van der Waals surface area contributed by atoms with Gasteiger partial charge in [-0.3, -0.25) is 9.69 Å². The predicted molar refractivity (Wildman–Crippen MR) is 118 cm³/mol. The highest BCUT2D eigenvalue weighted by atomic mass is 16.1. The fourth-order valence-electron chi connectivity index (χ4n) is 4.83. The van der Waals surface area contributed by atoms with Crippen LogP contribution >= 0.6 is 0 Å². The fraction of sp³-hybridized carbons (Fsp3) is 0.435. The molecule has 2 atom stereocenters. The van der Waals surface area contributed by atoms with Crippen molar-refractivity contribution in [1.82, 2.24) is 24.8 Å². The van der Waals surface area contributed by atoms with Crippen LogP contribution in [0.2, 0.25) is 0 Å². The molecule has 8 nitrogen and oxygen atoms in total. The highest BCUT2D eigenvalue weighted by Gasteiger charge is 2.33. The van der Waals surface area contributed by atoms with Crippen molar-refractivity contribution < 1.29 is 0 Å². The number of rotatable bonds is 3. The van der Waals surface area contributed by atoms with E-state index in [0.717, 1.165) is 62.3 Å². The lowest BCUT2D eigenvalue weighted by molar-refractivity contribution is 0.185. The first-order valence-electron chi connectivity index (χ1n) is 10.8. The van der Waals surface area contributed by atoms with Gasteiger partial charge in [0, 0.05) is 38.1 Å². The van der Waals surface area contributed by atoms with Gasteiger partial charge in [-0.2, -0.15) is 5.26 Å². The first kappa shape index (κ1) is 19.6. The number of aryl methyl sites for hydroxylation is 1. The van der Waals surface area contributed by atoms with E-state index in [9.17, 15) is 4.79 Å². The van der Waals surface area contributed by atoms with Crippen LogP contribution in [0.4, 0.5) is 5.95 Å². The molecule has 1 saturated carbocycles. The Morgan fingerprint density at radius 3 is 2.65 bits per heavy atom. The van der Waals surface area contributed by atoms with E-state index >= 15 is 0 Å². The van der Waals surface area contributed by atoms with E-state index in [0.29, 0.717) is 28.9 Å². The van der Waals surface area contributed by atoms with Gasteiger partial charge in [-0.05, 0) is 38.3 Å². The van der Waals surface area contributed by atoms with Gasteiger partial charge in [0.1, 0.15) is 11.9 Å². The van der Waals surface area contributed by atoms with Crippen LogP contribution in [0.5, 0.6) is 0 Å². The lowest BCUT2D eigenvalue weighted by Gasteiger charge is -2.38. The van der Waals surface area contributed by atoms with Crippen LogP contribution in [0.15, 0.2) is 35.4 Å². The lowest BCUT2D eigenvalue weighted by Crippen LogP contribution is -2.50. The predicted octanol–water partition coefficient (Wildman–Crippen LogP) is 2.35. The molecule has 158 valence electrons. The molecule has 1 N–H and O–H groups in total. The number of nitrogens with zero attached hydrogens (tertiary/aromatic N) is 6. The molecule has 1 aliphatic heterocycles. The maximum atomic E-state index is 12.6. The van der Waals surface area contributed by atoms with E-state index in [4.69, 9.17) is 10.2 Å². The van der Waals surface area contributed by atoms with E-state index in [-0.39, 0.29) is 5.56 Å². The molecule has 5 rings (SSSR count). The highest BCUT2D eigenvalue weighted by Crippen LogP contribution is 2.36. The second-order valence-corrected chi connectivity index (χ2v) is 8.54. The molecule has 0 radical (unpaired) electrons. The Morgan fingerprint density at radius 1 is 1.13 bits per heavy atom. The van der Waals surface area contributed by atoms with E-state index in [1.165, 1.54) is 0 Å². The summed E-state index contributed by atoms with van der Waals surface area (Å²) in [6.45, 7) is 5.65. The fourth-order valence-corrected chi connectivity index (χ4v) is 4.83. The Morgan fingerprint density at radius 2 is 1.90 bits per heavy atom. The molecule has 1 aromatic carbocycles. The standard InChI is InChI=1S/C23H25N7O/c1-15-2-5-20-19(10-15)22(31)28-21(27-20)17-3-4-18(11-17)29-6-8-30(9-7-29)23-25-13-16(12-24)14-26-23/h2,5,10,13-14,17-18H,3-4,6-9,11H2,1H3,(H,27,28,31)/t17?,18-/m1/s1. The summed E-state index contributed by atoms with van der Waals surface area (Å²) in [4.78, 5) is 33.7. The summed E-state index contributed by atoms with van der Waals surface area (Å²) in [6.07, 6.45) is 6.34. The number of piperazine rings is 1. The number of anilines is 1. The number of hydrogen-bond donors (Lipinski definition) is 1. The molecule has 31 heavy (non-hydrogen) atoms. The first-order chi connectivity index (χ1) is 15.1. The molecule has 2 aliphatic rings. The molecule has 3 aromatic rings. The maximum Gasteiger partial charge on any atom is 0.258 e. The summed E-state index contributed by atoms with van der Waals surface area (Å²) in [5, 5.41) is 9.57. The Bertz CT molecular complexity index is 1190. The summed E-state index contributed by atoms with van der Waals surface area (Å²) < 4.78 is 0. The average Bonchev–Trinajstić information content (AvgIpc) is 3.30. The normalized spacial score (nSPS) is 22.0. The molecule has 0 bridgehead atoms. The zero-order valence-electron chi connectivity index (χ0n) is 17.6. The Balaban J connectivity index is 1.23. The zero-order chi connectivity index (χ0) is 21.4. The smallest absolute Gasteiger partial charge is 0.258 e. The molecular formula is C23H25N7O. The van der Waals surface area contributed by atoms with Gasteiger partial charge in [0.15, 0.2) is 0 Å². The number of hydrogen-bond acceptors (Lipinski definition) is 7. The molecule has 0 spiro atoms. The number of nitrogens with one attached hydrogen (secondary N) is 1. The molecule has 1 unspecified atom stereocenters. The molecule has 8 heteroatoms. The SMILES string of the molecule is Cc1ccc2nc(C3CC[C@@H](N4CCN(c5ncc(C#N)cn5)CC4)C3)[nH]c(=O)c2c1. The van der Waals surface area contributed by atoms with Gasteiger partial charge in [-0.25, -0.2) is 15.0 Å². The zero-order valence-corrected chi connectivity index (χ0v) is 17.6. The van der Waals surface area contributed by atoms with E-state index in [1.54, 1.807) is 12.4 Å². The second-order valence-electron chi connectivity index (χ2n) is 8.54. The van der Waals surface area contributed by atoms with Crippen molar-refractivity contribution in [2.45, 2.75) is 38.1 Å². The molecule has 2 aromatic heterocycles. The van der Waals surface area contributed by atoms with Crippen LogP contribution in [0.3, 0.4) is 0 Å². The summed E-state index contributed by atoms with van der Waals surface area (Å²) in [7, 11) is 0. The van der Waals surface area contributed by atoms with Crippen LogP contribution < -0.4 is 10.5 Å². The van der Waals surface area contributed by atoms with Crippen LogP contribution in [0.1, 0.15) is 42.1 Å². The van der Waals surface area contributed by atoms with Crippen molar-refractivity contribution in [2.75, 3.05) is 31.1 Å². The van der Waals surface area contributed by atoms with Crippen LogP contribution in [-0.2, 0) is 0 Å². The van der Waals surface area contributed by atoms with Crippen molar-refractivity contribution in [2.24, 2.45) is 0 Å². The quantitative estimate of drug-likeness (QED) is 0.700. The third-order valence-electron chi connectivity index (χ3n) is 6.55. The van der Waals surface area contributed by atoms with Crippen molar-refractivity contribution in [3.8, 4) is 6.07 Å². The topological polar surface area (TPSA) is 102 Å². The van der Waals surface area contributed by atoms with E-state index in [2.05, 4.69) is 30.8 Å². The number of H-pyrrole nitrogens is 1. The summed E-state index contributed by atoms with van der Waals surface area (Å²) in [5.41, 5.74) is 2.29. The summed E-state index contributed by atoms with van der Waals surface area (Å²) in [5.74, 6) is 1.81. The van der Waals surface area contributed by atoms with Gasteiger partial charge >= 0.3 is 0 Å². The van der Waals surface area contributed by atoms with Gasteiger partial charge in [-0.15, -0.1) is 0 Å². The van der Waals surface area contributed by atoms with E-state index < -0.39 is 0 Å². The minimum Gasteiger partial charge on any atom is -0.338 e. The van der Waals surface area contributed by atoms with Crippen molar-refractivity contribution >= 4 is 16.9 Å². The molecule has 1 saturated heterocycles. The van der Waals surface area contributed by atoms with Crippen molar-refractivity contribution in [3.05, 3.63) is 57.9 Å². The maximum absolute atomic E-state index is 12.6. The monoisotopic (exact) mass is 415 g/mol. The molecule has 0 amide bonds. The second kappa shape index (κ2) is 8.08. The Hall–Kier alpha value is -3.31. The number of benzene rings is 1. The number of aromatic amines is 1. The first-order valence-corrected chi connectivity index (χ1v) is 10.8. The van der Waals surface area contributed by atoms with Crippen LogP contribution in [0.25, 0.3) is 10.9 Å². The molecule has 1 aliphatic carbocycles. The minimum absolute atomic E-state index is 0.0387. The molecule has 3 heterocycles. The third-order valence-corrected chi connectivity index (χ3v) is 6.55. The Labute approximate surface area is 180 Å². The van der Waals surface area contributed by atoms with Crippen LogP contribution in [0, 0.1) is 18.3 Å². The van der Waals surface area contributed by atoms with Gasteiger partial charge in [0.2, 0.25) is 5.95 Å². The van der Waals surface area contributed by atoms with Gasteiger partial charge in [-0.1, -0.05) is 11.6 Å². The molecular weight excluding hydrogens is 390 g/mol. The molecule has 2 fully saturated rings. The van der Waals surface area contributed by atoms with Gasteiger partial charge < -0.3 is 9.88 Å². The van der Waals surface area contributed by atoms with Gasteiger partial charge in [0.05, 0.1) is 28.9 Å². The average molecular weight is 416 g/mol. The number of fused-ring (bicyclic) bond motifs is 1. The van der Waals surface area contributed by atoms with Crippen molar-refractivity contribution in [1.29, 1.82) is 5.26 Å². The minimum atomic E-state index is -0.0387. The summed E-state index contributed by atoms with van der Waals surface area (Å²) >= 11 is 0. The number of nitriles is 1. The van der Waals surface area contributed by atoms with Crippen LogP contribution in [-0.4, -0.2) is 57.1 Å². The highest BCUT2D eigenvalue weighted by molar-refractivity contribution is 5.78. The largest absolute Gasteiger partial charge is 0.338 e.